The Hall–Kier alpha value is -1.35. The van der Waals surface area contributed by atoms with Crippen LogP contribution in [0.15, 0.2) is 0 Å². The number of rotatable bonds is 13. The maximum atomic E-state index is 12.1. The van der Waals surface area contributed by atoms with E-state index in [-0.39, 0.29) is 39.6 Å². The monoisotopic (exact) mass is 371 g/mol. The fourth-order valence-corrected chi connectivity index (χ4v) is 2.15. The van der Waals surface area contributed by atoms with Gasteiger partial charge in [-0.25, -0.2) is 19.2 Å². The van der Waals surface area contributed by atoms with Crippen molar-refractivity contribution in [1.82, 2.24) is 5.09 Å². The Bertz CT molecular complexity index is 373. The van der Waals surface area contributed by atoms with Crippen molar-refractivity contribution in [1.29, 1.82) is 0 Å². The summed E-state index contributed by atoms with van der Waals surface area (Å²) in [6, 6.07) is 0. The van der Waals surface area contributed by atoms with Crippen molar-refractivity contribution in [3.63, 3.8) is 0 Å². The first kappa shape index (κ1) is 22.6. The first-order valence-electron chi connectivity index (χ1n) is 7.64. The predicted molar refractivity (Wildman–Crippen MR) is 83.8 cm³/mol. The number of nitrogens with one attached hydrogen (secondary N) is 1. The molecule has 0 bridgehead atoms. The highest BCUT2D eigenvalue weighted by Crippen LogP contribution is 2.42. The van der Waals surface area contributed by atoms with Gasteiger partial charge in [-0.15, -0.1) is 0 Å². The van der Waals surface area contributed by atoms with E-state index in [4.69, 9.17) is 18.5 Å². The van der Waals surface area contributed by atoms with Gasteiger partial charge in [0.1, 0.15) is 13.2 Å². The first-order chi connectivity index (χ1) is 11.5. The molecule has 142 valence electrons. The predicted octanol–water partition coefficient (Wildman–Crippen LogP) is 2.47. The van der Waals surface area contributed by atoms with Crippen LogP contribution in [-0.2, 0) is 32.6 Å². The molecule has 0 saturated carbocycles. The molecule has 0 aromatic rings. The normalized spacial score (nSPS) is 11.0. The second-order valence-corrected chi connectivity index (χ2v) is 6.24. The summed E-state index contributed by atoms with van der Waals surface area (Å²) in [5, 5.41) is 2.39. The minimum absolute atomic E-state index is 0.141. The molecule has 0 fully saturated rings. The molecular weight excluding hydrogens is 345 g/mol. The Balaban J connectivity index is 3.85. The van der Waals surface area contributed by atoms with Gasteiger partial charge in [0.2, 0.25) is 0 Å². The number of carbonyl (C=O) groups excluding carboxylic acids is 2. The SMILES string of the molecule is CCCOC(=O)OCCOP(=O)(NC)OCCOC(=O)OCCC. The highest BCUT2D eigenvalue weighted by molar-refractivity contribution is 7.51. The third-order valence-electron chi connectivity index (χ3n) is 2.25. The highest BCUT2D eigenvalue weighted by Gasteiger charge is 2.22. The lowest BCUT2D eigenvalue weighted by Crippen LogP contribution is -2.17. The Labute approximate surface area is 141 Å². The molecule has 0 amide bonds. The molecule has 10 nitrogen and oxygen atoms in total. The van der Waals surface area contributed by atoms with Crippen LogP contribution in [0.25, 0.3) is 0 Å². The largest absolute Gasteiger partial charge is 0.508 e. The number of carbonyl (C=O) groups is 2. The summed E-state index contributed by atoms with van der Waals surface area (Å²) in [6.45, 7) is 3.64. The van der Waals surface area contributed by atoms with Crippen LogP contribution in [0.5, 0.6) is 0 Å². The van der Waals surface area contributed by atoms with Crippen LogP contribution in [0, 0.1) is 0 Å². The Morgan fingerprint density at radius 2 is 1.12 bits per heavy atom. The summed E-state index contributed by atoms with van der Waals surface area (Å²) in [7, 11) is -2.19. The minimum atomic E-state index is -3.58. The average molecular weight is 371 g/mol. The van der Waals surface area contributed by atoms with Crippen LogP contribution >= 0.6 is 7.75 Å². The van der Waals surface area contributed by atoms with Crippen LogP contribution < -0.4 is 5.09 Å². The van der Waals surface area contributed by atoms with Crippen LogP contribution in [-0.4, -0.2) is 59.0 Å². The van der Waals surface area contributed by atoms with Crippen LogP contribution in [0.2, 0.25) is 0 Å². The molecular formula is C13H26NO9P. The van der Waals surface area contributed by atoms with Gasteiger partial charge in [0.05, 0.1) is 26.4 Å². The molecule has 0 rings (SSSR count). The lowest BCUT2D eigenvalue weighted by atomic mass is 10.5. The van der Waals surface area contributed by atoms with Crippen molar-refractivity contribution in [2.45, 2.75) is 26.7 Å². The van der Waals surface area contributed by atoms with E-state index in [0.717, 1.165) is 0 Å². The standard InChI is InChI=1S/C13H26NO9P/c1-4-6-18-12(15)20-8-10-22-24(17,14-3)23-11-9-21-13(16)19-7-5-2/h4-11H2,1-3H3,(H,14,17). The van der Waals surface area contributed by atoms with E-state index in [0.29, 0.717) is 12.8 Å². The quantitative estimate of drug-likeness (QED) is 0.294. The van der Waals surface area contributed by atoms with E-state index in [2.05, 4.69) is 14.6 Å². The second-order valence-electron chi connectivity index (χ2n) is 4.28. The van der Waals surface area contributed by atoms with Crippen LogP contribution in [0.4, 0.5) is 9.59 Å². The zero-order valence-electron chi connectivity index (χ0n) is 14.3. The average Bonchev–Trinajstić information content (AvgIpc) is 2.58. The number of hydrogen-bond acceptors (Lipinski definition) is 9. The van der Waals surface area contributed by atoms with Crippen molar-refractivity contribution >= 4 is 20.1 Å². The summed E-state index contributed by atoms with van der Waals surface area (Å²) < 4.78 is 40.9. The third-order valence-corrected chi connectivity index (χ3v) is 3.84. The summed E-state index contributed by atoms with van der Waals surface area (Å²) in [4.78, 5) is 22.1. The molecule has 11 heteroatoms. The van der Waals surface area contributed by atoms with Crippen molar-refractivity contribution < 1.29 is 42.1 Å². The van der Waals surface area contributed by atoms with Gasteiger partial charge in [0, 0.05) is 0 Å². The molecule has 0 aliphatic rings. The molecule has 0 aromatic heterocycles. The van der Waals surface area contributed by atoms with Crippen molar-refractivity contribution in [3.8, 4) is 0 Å². The highest BCUT2D eigenvalue weighted by atomic mass is 31.2. The molecule has 0 spiro atoms. The molecule has 0 atom stereocenters. The molecule has 0 aliphatic carbocycles. The molecule has 0 unspecified atom stereocenters. The molecule has 0 aliphatic heterocycles. The Kier molecular flexibility index (Phi) is 13.2. The van der Waals surface area contributed by atoms with Gasteiger partial charge in [-0.05, 0) is 19.9 Å². The van der Waals surface area contributed by atoms with Crippen molar-refractivity contribution in [2.75, 3.05) is 46.7 Å². The van der Waals surface area contributed by atoms with Gasteiger partial charge >= 0.3 is 20.1 Å². The van der Waals surface area contributed by atoms with Gasteiger partial charge in [-0.2, -0.15) is 0 Å². The molecule has 0 radical (unpaired) electrons. The van der Waals surface area contributed by atoms with E-state index in [1.165, 1.54) is 7.05 Å². The lowest BCUT2D eigenvalue weighted by Gasteiger charge is -2.17. The first-order valence-corrected chi connectivity index (χ1v) is 9.18. The van der Waals surface area contributed by atoms with Gasteiger partial charge in [-0.3, -0.25) is 9.05 Å². The summed E-state index contributed by atoms with van der Waals surface area (Å²) in [5.41, 5.74) is 0. The fraction of sp³-hybridized carbons (Fsp3) is 0.846. The van der Waals surface area contributed by atoms with Crippen LogP contribution in [0.3, 0.4) is 0 Å². The minimum Gasteiger partial charge on any atom is -0.434 e. The van der Waals surface area contributed by atoms with E-state index >= 15 is 0 Å². The molecule has 0 heterocycles. The van der Waals surface area contributed by atoms with Crippen molar-refractivity contribution in [2.24, 2.45) is 0 Å². The Morgan fingerprint density at radius 3 is 1.46 bits per heavy atom. The van der Waals surface area contributed by atoms with E-state index < -0.39 is 20.1 Å². The smallest absolute Gasteiger partial charge is 0.434 e. The van der Waals surface area contributed by atoms with Gasteiger partial charge in [0.15, 0.2) is 0 Å². The van der Waals surface area contributed by atoms with E-state index in [1.54, 1.807) is 0 Å². The second kappa shape index (κ2) is 14.0. The maximum absolute atomic E-state index is 12.1. The summed E-state index contributed by atoms with van der Waals surface area (Å²) >= 11 is 0. The van der Waals surface area contributed by atoms with E-state index in [9.17, 15) is 14.2 Å². The fourth-order valence-electron chi connectivity index (χ4n) is 1.19. The van der Waals surface area contributed by atoms with Gasteiger partial charge in [0.25, 0.3) is 0 Å². The van der Waals surface area contributed by atoms with Crippen molar-refractivity contribution in [3.05, 3.63) is 0 Å². The molecule has 0 aromatic carbocycles. The van der Waals surface area contributed by atoms with Gasteiger partial charge in [-0.1, -0.05) is 13.8 Å². The molecule has 0 saturated heterocycles. The zero-order chi connectivity index (χ0) is 18.3. The number of ether oxygens (including phenoxy) is 4. The number of hydrogen-bond donors (Lipinski definition) is 1. The summed E-state index contributed by atoms with van der Waals surface area (Å²) in [5.74, 6) is 0. The Morgan fingerprint density at radius 1 is 0.750 bits per heavy atom. The van der Waals surface area contributed by atoms with Crippen LogP contribution in [0.1, 0.15) is 26.7 Å². The lowest BCUT2D eigenvalue weighted by molar-refractivity contribution is 0.0376. The molecule has 1 N–H and O–H groups in total. The zero-order valence-corrected chi connectivity index (χ0v) is 15.2. The topological polar surface area (TPSA) is 119 Å². The molecule has 24 heavy (non-hydrogen) atoms. The maximum Gasteiger partial charge on any atom is 0.508 e. The summed E-state index contributed by atoms with van der Waals surface area (Å²) in [6.07, 6.45) is -0.274. The third kappa shape index (κ3) is 12.1. The van der Waals surface area contributed by atoms with Gasteiger partial charge < -0.3 is 18.9 Å². The van der Waals surface area contributed by atoms with E-state index in [1.807, 2.05) is 13.8 Å².